The number of amides is 2. The van der Waals surface area contributed by atoms with Crippen molar-refractivity contribution in [1.29, 1.82) is 0 Å². The quantitative estimate of drug-likeness (QED) is 0.605. The number of aromatic nitrogens is 2. The molecule has 2 amide bonds. The number of carboxylic acids is 1. The topological polar surface area (TPSA) is 135 Å². The van der Waals surface area contributed by atoms with E-state index in [4.69, 9.17) is 10.8 Å². The molecule has 18 heavy (non-hydrogen) atoms. The predicted molar refractivity (Wildman–Crippen MR) is 59.5 cm³/mol. The Hall–Kier alpha value is -2.51. The number of carbonyl (C=O) groups is 3. The SMILES string of the molecule is Cc1ncncc1C(=O)N[C@@H](CC(N)=O)C(=O)O. The first-order valence-corrected chi connectivity index (χ1v) is 5.00. The smallest absolute Gasteiger partial charge is 0.326 e. The summed E-state index contributed by atoms with van der Waals surface area (Å²) in [5.74, 6) is -2.82. The molecule has 0 radical (unpaired) electrons. The lowest BCUT2D eigenvalue weighted by Crippen LogP contribution is -2.43. The number of hydrogen-bond acceptors (Lipinski definition) is 5. The Bertz CT molecular complexity index is 489. The molecule has 1 aromatic rings. The van der Waals surface area contributed by atoms with Crippen molar-refractivity contribution in [3.05, 3.63) is 23.8 Å². The van der Waals surface area contributed by atoms with Crippen LogP contribution in [0.1, 0.15) is 22.5 Å². The molecule has 0 unspecified atom stereocenters. The zero-order valence-electron chi connectivity index (χ0n) is 9.58. The molecular weight excluding hydrogens is 240 g/mol. The molecule has 96 valence electrons. The van der Waals surface area contributed by atoms with Gasteiger partial charge in [-0.15, -0.1) is 0 Å². The molecule has 1 heterocycles. The number of primary amides is 1. The summed E-state index contributed by atoms with van der Waals surface area (Å²) in [6.45, 7) is 1.58. The number of nitrogens with one attached hydrogen (secondary N) is 1. The minimum absolute atomic E-state index is 0.147. The van der Waals surface area contributed by atoms with Gasteiger partial charge in [-0.05, 0) is 6.92 Å². The normalized spacial score (nSPS) is 11.6. The molecule has 0 saturated carbocycles. The minimum atomic E-state index is -1.37. The van der Waals surface area contributed by atoms with Crippen LogP contribution in [0.5, 0.6) is 0 Å². The number of nitrogens with zero attached hydrogens (tertiary/aromatic N) is 2. The third kappa shape index (κ3) is 3.51. The molecule has 1 atom stereocenters. The summed E-state index contributed by atoms with van der Waals surface area (Å²) in [6.07, 6.45) is 2.05. The van der Waals surface area contributed by atoms with Gasteiger partial charge in [0.25, 0.3) is 5.91 Å². The summed E-state index contributed by atoms with van der Waals surface area (Å²) < 4.78 is 0. The Morgan fingerprint density at radius 3 is 2.67 bits per heavy atom. The van der Waals surface area contributed by atoms with E-state index in [1.807, 2.05) is 0 Å². The number of nitrogens with two attached hydrogens (primary N) is 1. The van der Waals surface area contributed by atoms with Gasteiger partial charge in [0, 0.05) is 6.20 Å². The van der Waals surface area contributed by atoms with E-state index in [0.717, 1.165) is 0 Å². The summed E-state index contributed by atoms with van der Waals surface area (Å²) >= 11 is 0. The van der Waals surface area contributed by atoms with Crippen molar-refractivity contribution in [3.63, 3.8) is 0 Å². The van der Waals surface area contributed by atoms with Crippen molar-refractivity contribution in [1.82, 2.24) is 15.3 Å². The fourth-order valence-electron chi connectivity index (χ4n) is 1.25. The number of carbonyl (C=O) groups excluding carboxylic acids is 2. The first-order chi connectivity index (χ1) is 8.41. The molecular formula is C10H12N4O4. The van der Waals surface area contributed by atoms with Crippen molar-refractivity contribution in [2.24, 2.45) is 5.73 Å². The monoisotopic (exact) mass is 252 g/mol. The molecule has 1 rings (SSSR count). The van der Waals surface area contributed by atoms with Gasteiger partial charge in [-0.1, -0.05) is 0 Å². The molecule has 0 aliphatic rings. The average molecular weight is 252 g/mol. The maximum atomic E-state index is 11.8. The summed E-state index contributed by atoms with van der Waals surface area (Å²) in [5.41, 5.74) is 5.45. The van der Waals surface area contributed by atoms with Crippen molar-refractivity contribution in [3.8, 4) is 0 Å². The minimum Gasteiger partial charge on any atom is -0.480 e. The summed E-state index contributed by atoms with van der Waals surface area (Å²) in [6, 6.07) is -1.37. The van der Waals surface area contributed by atoms with Crippen molar-refractivity contribution < 1.29 is 19.5 Å². The highest BCUT2D eigenvalue weighted by Gasteiger charge is 2.23. The van der Waals surface area contributed by atoms with Crippen LogP contribution in [0.25, 0.3) is 0 Å². The number of carboxylic acid groups (broad SMARTS) is 1. The lowest BCUT2D eigenvalue weighted by Gasteiger charge is -2.13. The average Bonchev–Trinajstić information content (AvgIpc) is 2.27. The highest BCUT2D eigenvalue weighted by Crippen LogP contribution is 2.03. The van der Waals surface area contributed by atoms with Crippen LogP contribution in [0.3, 0.4) is 0 Å². The van der Waals surface area contributed by atoms with E-state index in [2.05, 4.69) is 15.3 Å². The van der Waals surface area contributed by atoms with Crippen molar-refractivity contribution >= 4 is 17.8 Å². The van der Waals surface area contributed by atoms with Gasteiger partial charge in [0.05, 0.1) is 17.7 Å². The third-order valence-electron chi connectivity index (χ3n) is 2.16. The second kappa shape index (κ2) is 5.71. The van der Waals surface area contributed by atoms with E-state index in [0.29, 0.717) is 5.69 Å². The number of rotatable bonds is 5. The van der Waals surface area contributed by atoms with Crippen LogP contribution in [0.2, 0.25) is 0 Å². The second-order valence-corrected chi connectivity index (χ2v) is 3.56. The van der Waals surface area contributed by atoms with Gasteiger partial charge in [-0.3, -0.25) is 9.59 Å². The molecule has 0 aromatic carbocycles. The Morgan fingerprint density at radius 2 is 2.17 bits per heavy atom. The molecule has 8 nitrogen and oxygen atoms in total. The number of aliphatic carboxylic acids is 1. The summed E-state index contributed by atoms with van der Waals surface area (Å²) in [5, 5.41) is 11.0. The fraction of sp³-hybridized carbons (Fsp3) is 0.300. The van der Waals surface area contributed by atoms with Crippen LogP contribution >= 0.6 is 0 Å². The van der Waals surface area contributed by atoms with Crippen LogP contribution in [0.15, 0.2) is 12.5 Å². The van der Waals surface area contributed by atoms with Crippen molar-refractivity contribution in [2.75, 3.05) is 0 Å². The maximum absolute atomic E-state index is 11.8. The summed E-state index contributed by atoms with van der Waals surface area (Å²) in [7, 11) is 0. The van der Waals surface area contributed by atoms with E-state index < -0.39 is 30.2 Å². The second-order valence-electron chi connectivity index (χ2n) is 3.56. The summed E-state index contributed by atoms with van der Waals surface area (Å²) in [4.78, 5) is 40.7. The molecule has 0 saturated heterocycles. The Balaban J connectivity index is 2.82. The molecule has 0 bridgehead atoms. The number of hydrogen-bond donors (Lipinski definition) is 3. The largest absolute Gasteiger partial charge is 0.480 e. The molecule has 0 spiro atoms. The van der Waals surface area contributed by atoms with Gasteiger partial charge in [0.15, 0.2) is 0 Å². The highest BCUT2D eigenvalue weighted by molar-refractivity contribution is 5.98. The Morgan fingerprint density at radius 1 is 1.50 bits per heavy atom. The maximum Gasteiger partial charge on any atom is 0.326 e. The van der Waals surface area contributed by atoms with Crippen molar-refractivity contribution in [2.45, 2.75) is 19.4 Å². The highest BCUT2D eigenvalue weighted by atomic mass is 16.4. The molecule has 0 fully saturated rings. The zero-order chi connectivity index (χ0) is 13.7. The van der Waals surface area contributed by atoms with Crippen LogP contribution < -0.4 is 11.1 Å². The van der Waals surface area contributed by atoms with Crippen LogP contribution in [-0.4, -0.2) is 38.9 Å². The Kier molecular flexibility index (Phi) is 4.30. The van der Waals surface area contributed by atoms with Crippen LogP contribution in [0.4, 0.5) is 0 Å². The van der Waals surface area contributed by atoms with E-state index in [1.165, 1.54) is 12.5 Å². The van der Waals surface area contributed by atoms with Gasteiger partial charge >= 0.3 is 5.97 Å². The van der Waals surface area contributed by atoms with E-state index in [1.54, 1.807) is 6.92 Å². The predicted octanol–water partition coefficient (Wildman–Crippen LogP) is -1.16. The molecule has 0 aliphatic heterocycles. The van der Waals surface area contributed by atoms with Gasteiger partial charge in [-0.25, -0.2) is 14.8 Å². The third-order valence-corrected chi connectivity index (χ3v) is 2.16. The number of aryl methyl sites for hydroxylation is 1. The molecule has 4 N–H and O–H groups in total. The molecule has 1 aromatic heterocycles. The van der Waals surface area contributed by atoms with Gasteiger partial charge in [-0.2, -0.15) is 0 Å². The van der Waals surface area contributed by atoms with Crippen LogP contribution in [-0.2, 0) is 9.59 Å². The fourth-order valence-corrected chi connectivity index (χ4v) is 1.25. The Labute approximate surface area is 102 Å². The van der Waals surface area contributed by atoms with Gasteiger partial charge in [0.2, 0.25) is 5.91 Å². The van der Waals surface area contributed by atoms with E-state index >= 15 is 0 Å². The zero-order valence-corrected chi connectivity index (χ0v) is 9.58. The van der Waals surface area contributed by atoms with Gasteiger partial charge in [0.1, 0.15) is 12.4 Å². The van der Waals surface area contributed by atoms with E-state index in [9.17, 15) is 14.4 Å². The first-order valence-electron chi connectivity index (χ1n) is 5.00. The first kappa shape index (κ1) is 13.6. The molecule has 0 aliphatic carbocycles. The molecule has 8 heteroatoms. The van der Waals surface area contributed by atoms with Crippen LogP contribution in [0, 0.1) is 6.92 Å². The lowest BCUT2D eigenvalue weighted by molar-refractivity contribution is -0.140. The van der Waals surface area contributed by atoms with Gasteiger partial charge < -0.3 is 16.2 Å². The standard InChI is InChI=1S/C10H12N4O4/c1-5-6(3-12-4-13-5)9(16)14-7(10(17)18)2-8(11)15/h3-4,7H,2H2,1H3,(H2,11,15)(H,14,16)(H,17,18)/t7-/m0/s1. The lowest BCUT2D eigenvalue weighted by atomic mass is 10.1. The van der Waals surface area contributed by atoms with E-state index in [-0.39, 0.29) is 5.56 Å².